The summed E-state index contributed by atoms with van der Waals surface area (Å²) >= 11 is 6.06. The second-order valence-corrected chi connectivity index (χ2v) is 4.31. The molecular weight excluding hydrogens is 262 g/mol. The van der Waals surface area contributed by atoms with Gasteiger partial charge in [-0.2, -0.15) is 0 Å². The van der Waals surface area contributed by atoms with Crippen molar-refractivity contribution in [3.8, 4) is 0 Å². The Bertz CT molecular complexity index is 739. The summed E-state index contributed by atoms with van der Waals surface area (Å²) in [5, 5.41) is 4.46. The third-order valence-corrected chi connectivity index (χ3v) is 3.07. The Hall–Kier alpha value is -2.40. The van der Waals surface area contributed by atoms with Gasteiger partial charge in [-0.25, -0.2) is 9.97 Å². The van der Waals surface area contributed by atoms with Gasteiger partial charge in [0.1, 0.15) is 17.2 Å². The number of fused-ring (bicyclic) bond motifs is 1. The van der Waals surface area contributed by atoms with Crippen molar-refractivity contribution in [3.63, 3.8) is 0 Å². The Morgan fingerprint density at radius 2 is 1.89 bits per heavy atom. The van der Waals surface area contributed by atoms with E-state index in [1.54, 1.807) is 6.20 Å². The maximum atomic E-state index is 6.06. The summed E-state index contributed by atoms with van der Waals surface area (Å²) in [5.74, 6) is 0.708. The maximum absolute atomic E-state index is 6.06. The van der Waals surface area contributed by atoms with Crippen LogP contribution in [0.2, 0.25) is 5.02 Å². The van der Waals surface area contributed by atoms with Crippen LogP contribution in [0.1, 0.15) is 0 Å². The SMILES string of the molecule is Nc1ncnc(Nc2cccc3cccnc23)c1Cl. The predicted octanol–water partition coefficient (Wildman–Crippen LogP) is 3.00. The molecule has 0 bridgehead atoms. The van der Waals surface area contributed by atoms with Gasteiger partial charge in [-0.05, 0) is 12.1 Å². The molecule has 5 nitrogen and oxygen atoms in total. The van der Waals surface area contributed by atoms with Gasteiger partial charge in [-0.3, -0.25) is 4.98 Å². The summed E-state index contributed by atoms with van der Waals surface area (Å²) in [6.07, 6.45) is 3.10. The molecule has 0 aliphatic carbocycles. The van der Waals surface area contributed by atoms with E-state index in [1.807, 2.05) is 30.3 Å². The number of anilines is 3. The van der Waals surface area contributed by atoms with Crippen molar-refractivity contribution in [3.05, 3.63) is 47.9 Å². The highest BCUT2D eigenvalue weighted by Gasteiger charge is 2.08. The number of nitrogen functional groups attached to an aromatic ring is 1. The minimum absolute atomic E-state index is 0.243. The topological polar surface area (TPSA) is 76.7 Å². The molecule has 2 aromatic heterocycles. The van der Waals surface area contributed by atoms with Gasteiger partial charge in [-0.15, -0.1) is 0 Å². The number of nitrogens with zero attached hydrogens (tertiary/aromatic N) is 3. The standard InChI is InChI=1S/C13H10ClN5/c14-10-12(15)17-7-18-13(10)19-9-5-1-3-8-4-2-6-16-11(8)9/h1-7H,(H3,15,17,18,19). The van der Waals surface area contributed by atoms with Gasteiger partial charge in [-0.1, -0.05) is 29.8 Å². The second kappa shape index (κ2) is 4.70. The largest absolute Gasteiger partial charge is 0.382 e. The van der Waals surface area contributed by atoms with E-state index in [0.29, 0.717) is 10.8 Å². The number of benzene rings is 1. The summed E-state index contributed by atoms with van der Waals surface area (Å²) in [7, 11) is 0. The number of para-hydroxylation sites is 1. The number of halogens is 1. The van der Waals surface area contributed by atoms with Crippen LogP contribution in [-0.4, -0.2) is 15.0 Å². The molecule has 2 heterocycles. The zero-order valence-corrected chi connectivity index (χ0v) is 10.6. The quantitative estimate of drug-likeness (QED) is 0.749. The normalized spacial score (nSPS) is 10.6. The fraction of sp³-hybridized carbons (Fsp3) is 0. The van der Waals surface area contributed by atoms with Crippen LogP contribution in [0.5, 0.6) is 0 Å². The number of hydrogen-bond donors (Lipinski definition) is 2. The van der Waals surface area contributed by atoms with E-state index in [4.69, 9.17) is 17.3 Å². The molecule has 19 heavy (non-hydrogen) atoms. The van der Waals surface area contributed by atoms with E-state index in [0.717, 1.165) is 16.6 Å². The van der Waals surface area contributed by atoms with E-state index in [9.17, 15) is 0 Å². The van der Waals surface area contributed by atoms with Crippen LogP contribution in [0.3, 0.4) is 0 Å². The fourth-order valence-electron chi connectivity index (χ4n) is 1.80. The fourth-order valence-corrected chi connectivity index (χ4v) is 1.95. The molecule has 0 atom stereocenters. The third-order valence-electron chi connectivity index (χ3n) is 2.70. The molecule has 0 amide bonds. The van der Waals surface area contributed by atoms with Crippen molar-refractivity contribution in [2.45, 2.75) is 0 Å². The van der Waals surface area contributed by atoms with Gasteiger partial charge in [0.2, 0.25) is 0 Å². The van der Waals surface area contributed by atoms with Gasteiger partial charge >= 0.3 is 0 Å². The maximum Gasteiger partial charge on any atom is 0.154 e. The highest BCUT2D eigenvalue weighted by atomic mass is 35.5. The molecule has 6 heteroatoms. The Balaban J connectivity index is 2.09. The van der Waals surface area contributed by atoms with Crippen LogP contribution in [0.25, 0.3) is 10.9 Å². The molecule has 94 valence electrons. The number of nitrogens with one attached hydrogen (secondary N) is 1. The first-order chi connectivity index (χ1) is 9.25. The Morgan fingerprint density at radius 3 is 2.79 bits per heavy atom. The number of rotatable bonds is 2. The number of aromatic nitrogens is 3. The lowest BCUT2D eigenvalue weighted by Gasteiger charge is -2.09. The first-order valence-electron chi connectivity index (χ1n) is 5.62. The second-order valence-electron chi connectivity index (χ2n) is 3.93. The first-order valence-corrected chi connectivity index (χ1v) is 6.00. The molecule has 3 N–H and O–H groups in total. The van der Waals surface area contributed by atoms with Gasteiger partial charge in [0, 0.05) is 11.6 Å². The molecule has 0 radical (unpaired) electrons. The predicted molar refractivity (Wildman–Crippen MR) is 76.5 cm³/mol. The summed E-state index contributed by atoms with van der Waals surface area (Å²) in [5.41, 5.74) is 7.31. The van der Waals surface area contributed by atoms with Crippen LogP contribution >= 0.6 is 11.6 Å². The van der Waals surface area contributed by atoms with Gasteiger partial charge in [0.05, 0.1) is 11.2 Å². The molecule has 0 aliphatic heterocycles. The highest BCUT2D eigenvalue weighted by Crippen LogP contribution is 2.29. The van der Waals surface area contributed by atoms with Gasteiger partial charge < -0.3 is 11.1 Å². The van der Waals surface area contributed by atoms with Crippen LogP contribution in [-0.2, 0) is 0 Å². The Kier molecular flexibility index (Phi) is 2.89. The summed E-state index contributed by atoms with van der Waals surface area (Å²) < 4.78 is 0. The number of nitrogens with two attached hydrogens (primary N) is 1. The molecule has 1 aromatic carbocycles. The lowest BCUT2D eigenvalue weighted by molar-refractivity contribution is 1.18. The van der Waals surface area contributed by atoms with E-state index < -0.39 is 0 Å². The molecule has 0 aliphatic rings. The number of hydrogen-bond acceptors (Lipinski definition) is 5. The molecule has 3 rings (SSSR count). The lowest BCUT2D eigenvalue weighted by atomic mass is 10.2. The van der Waals surface area contributed by atoms with Crippen LogP contribution in [0.15, 0.2) is 42.9 Å². The first kappa shape index (κ1) is 11.7. The summed E-state index contributed by atoms with van der Waals surface area (Å²) in [4.78, 5) is 12.3. The van der Waals surface area contributed by atoms with Gasteiger partial charge in [0.15, 0.2) is 5.82 Å². The van der Waals surface area contributed by atoms with Crippen molar-refractivity contribution in [2.75, 3.05) is 11.1 Å². The molecule has 0 saturated carbocycles. The van der Waals surface area contributed by atoms with Crippen LogP contribution < -0.4 is 11.1 Å². The summed E-state index contributed by atoms with van der Waals surface area (Å²) in [6.45, 7) is 0. The average molecular weight is 272 g/mol. The smallest absolute Gasteiger partial charge is 0.154 e. The van der Waals surface area contributed by atoms with Crippen molar-refractivity contribution in [2.24, 2.45) is 0 Å². The Labute approximate surface area is 114 Å². The molecule has 0 spiro atoms. The third kappa shape index (κ3) is 2.15. The molecule has 3 aromatic rings. The zero-order chi connectivity index (χ0) is 13.2. The van der Waals surface area contributed by atoms with Crippen molar-refractivity contribution in [1.29, 1.82) is 0 Å². The monoisotopic (exact) mass is 271 g/mol. The van der Waals surface area contributed by atoms with Crippen molar-refractivity contribution < 1.29 is 0 Å². The summed E-state index contributed by atoms with van der Waals surface area (Å²) in [6, 6.07) is 9.71. The van der Waals surface area contributed by atoms with E-state index in [2.05, 4.69) is 20.3 Å². The minimum Gasteiger partial charge on any atom is -0.382 e. The van der Waals surface area contributed by atoms with Crippen LogP contribution in [0, 0.1) is 0 Å². The zero-order valence-electron chi connectivity index (χ0n) is 9.84. The molecular formula is C13H10ClN5. The van der Waals surface area contributed by atoms with Crippen molar-refractivity contribution >= 4 is 39.8 Å². The minimum atomic E-state index is 0.243. The van der Waals surface area contributed by atoms with Gasteiger partial charge in [0.25, 0.3) is 0 Å². The van der Waals surface area contributed by atoms with Crippen molar-refractivity contribution in [1.82, 2.24) is 15.0 Å². The molecule has 0 unspecified atom stereocenters. The van der Waals surface area contributed by atoms with E-state index in [-0.39, 0.29) is 5.82 Å². The Morgan fingerprint density at radius 1 is 1.05 bits per heavy atom. The lowest BCUT2D eigenvalue weighted by Crippen LogP contribution is -2.00. The molecule has 0 fully saturated rings. The molecule has 0 saturated heterocycles. The van der Waals surface area contributed by atoms with E-state index in [1.165, 1.54) is 6.33 Å². The van der Waals surface area contributed by atoms with Crippen LogP contribution in [0.4, 0.5) is 17.3 Å². The highest BCUT2D eigenvalue weighted by molar-refractivity contribution is 6.35. The number of pyridine rings is 1. The average Bonchev–Trinajstić information content (AvgIpc) is 2.44. The van der Waals surface area contributed by atoms with E-state index >= 15 is 0 Å².